The van der Waals surface area contributed by atoms with E-state index in [4.69, 9.17) is 17.3 Å². The van der Waals surface area contributed by atoms with E-state index >= 15 is 0 Å². The van der Waals surface area contributed by atoms with E-state index in [9.17, 15) is 9.18 Å². The van der Waals surface area contributed by atoms with Gasteiger partial charge in [0.25, 0.3) is 0 Å². The zero-order valence-electron chi connectivity index (χ0n) is 10.7. The molecule has 0 saturated heterocycles. The number of hydrogen-bond donors (Lipinski definition) is 3. The van der Waals surface area contributed by atoms with Gasteiger partial charge in [0.2, 0.25) is 0 Å². The van der Waals surface area contributed by atoms with Crippen molar-refractivity contribution < 1.29 is 9.18 Å². The number of amides is 2. The Morgan fingerprint density at radius 1 is 1.20 bits per heavy atom. The number of benzene rings is 2. The molecule has 2 aromatic carbocycles. The van der Waals surface area contributed by atoms with E-state index in [1.807, 2.05) is 6.92 Å². The van der Waals surface area contributed by atoms with Crippen LogP contribution in [0, 0.1) is 12.7 Å². The van der Waals surface area contributed by atoms with Crippen LogP contribution < -0.4 is 16.4 Å². The van der Waals surface area contributed by atoms with E-state index in [1.54, 1.807) is 18.2 Å². The van der Waals surface area contributed by atoms with E-state index < -0.39 is 11.8 Å². The maximum atomic E-state index is 13.5. The quantitative estimate of drug-likeness (QED) is 0.732. The number of carbonyl (C=O) groups excluding carboxylic acids is 1. The Balaban J connectivity index is 2.07. The molecule has 0 aliphatic carbocycles. The second kappa shape index (κ2) is 5.79. The zero-order valence-corrected chi connectivity index (χ0v) is 11.5. The Bertz CT molecular complexity index is 661. The number of nitrogens with two attached hydrogens (primary N) is 1. The largest absolute Gasteiger partial charge is 0.399 e. The number of carbonyl (C=O) groups is 1. The predicted octanol–water partition coefficient (Wildman–Crippen LogP) is 4.01. The summed E-state index contributed by atoms with van der Waals surface area (Å²) in [4.78, 5) is 11.8. The molecule has 0 radical (unpaired) electrons. The molecule has 2 rings (SSSR count). The lowest BCUT2D eigenvalue weighted by molar-refractivity contribution is 0.262. The molecule has 4 N–H and O–H groups in total. The molecule has 0 bridgehead atoms. The summed E-state index contributed by atoms with van der Waals surface area (Å²) in [5, 5.41) is 5.51. The summed E-state index contributed by atoms with van der Waals surface area (Å²) in [6, 6.07) is 8.58. The van der Waals surface area contributed by atoms with Gasteiger partial charge in [-0.2, -0.15) is 0 Å². The van der Waals surface area contributed by atoms with Crippen molar-refractivity contribution in [3.63, 3.8) is 0 Å². The maximum absolute atomic E-state index is 13.5. The van der Waals surface area contributed by atoms with Gasteiger partial charge in [-0.25, -0.2) is 9.18 Å². The normalized spacial score (nSPS) is 10.2. The summed E-state index contributed by atoms with van der Waals surface area (Å²) in [5.41, 5.74) is 7.20. The fourth-order valence-corrected chi connectivity index (χ4v) is 1.77. The Morgan fingerprint density at radius 2 is 1.95 bits per heavy atom. The lowest BCUT2D eigenvalue weighted by atomic mass is 10.2. The molecule has 0 aliphatic rings. The van der Waals surface area contributed by atoms with Crippen molar-refractivity contribution in [3.8, 4) is 0 Å². The van der Waals surface area contributed by atoms with Crippen LogP contribution >= 0.6 is 11.6 Å². The lowest BCUT2D eigenvalue weighted by Gasteiger charge is -2.09. The monoisotopic (exact) mass is 293 g/mol. The van der Waals surface area contributed by atoms with Crippen LogP contribution in [0.2, 0.25) is 5.02 Å². The van der Waals surface area contributed by atoms with Crippen molar-refractivity contribution in [1.29, 1.82) is 0 Å². The highest BCUT2D eigenvalue weighted by Crippen LogP contribution is 2.21. The average molecular weight is 294 g/mol. The highest BCUT2D eigenvalue weighted by molar-refractivity contribution is 6.31. The fraction of sp³-hybridized carbons (Fsp3) is 0.0714. The highest BCUT2D eigenvalue weighted by atomic mass is 35.5. The van der Waals surface area contributed by atoms with Gasteiger partial charge in [0.15, 0.2) is 0 Å². The number of halogens is 2. The topological polar surface area (TPSA) is 67.2 Å². The number of nitrogens with one attached hydrogen (secondary N) is 2. The molecule has 4 nitrogen and oxygen atoms in total. The van der Waals surface area contributed by atoms with E-state index in [2.05, 4.69) is 10.6 Å². The second-order valence-electron chi connectivity index (χ2n) is 4.28. The first-order valence-corrected chi connectivity index (χ1v) is 6.22. The van der Waals surface area contributed by atoms with Gasteiger partial charge in [-0.15, -0.1) is 0 Å². The van der Waals surface area contributed by atoms with Crippen molar-refractivity contribution in [1.82, 2.24) is 0 Å². The first-order chi connectivity index (χ1) is 9.45. The number of nitrogen functional groups attached to an aromatic ring is 1. The molecule has 20 heavy (non-hydrogen) atoms. The average Bonchev–Trinajstić information content (AvgIpc) is 2.37. The minimum absolute atomic E-state index is 0.0508. The van der Waals surface area contributed by atoms with Crippen molar-refractivity contribution in [2.45, 2.75) is 6.92 Å². The van der Waals surface area contributed by atoms with Crippen LogP contribution in [0.15, 0.2) is 36.4 Å². The van der Waals surface area contributed by atoms with E-state index in [-0.39, 0.29) is 5.69 Å². The van der Waals surface area contributed by atoms with E-state index in [0.717, 1.165) is 11.6 Å². The zero-order chi connectivity index (χ0) is 14.7. The van der Waals surface area contributed by atoms with Crippen molar-refractivity contribution in [2.24, 2.45) is 0 Å². The SMILES string of the molecule is Cc1ccc(NC(=O)Nc2ccc(N)cc2F)cc1Cl. The molecular formula is C14H13ClFN3O. The van der Waals surface area contributed by atoms with Gasteiger partial charge in [-0.05, 0) is 42.8 Å². The summed E-state index contributed by atoms with van der Waals surface area (Å²) in [6.45, 7) is 1.86. The van der Waals surface area contributed by atoms with E-state index in [0.29, 0.717) is 16.4 Å². The molecule has 2 amide bonds. The second-order valence-corrected chi connectivity index (χ2v) is 4.69. The minimum atomic E-state index is -0.595. The molecule has 0 aromatic heterocycles. The standard InChI is InChI=1S/C14H13ClFN3O/c1-8-2-4-10(7-11(8)15)18-14(20)19-13-5-3-9(17)6-12(13)16/h2-7H,17H2,1H3,(H2,18,19,20). The number of urea groups is 1. The molecule has 0 spiro atoms. The molecule has 6 heteroatoms. The van der Waals surface area contributed by atoms with Gasteiger partial charge >= 0.3 is 6.03 Å². The third-order valence-electron chi connectivity index (χ3n) is 2.67. The molecule has 2 aromatic rings. The van der Waals surface area contributed by atoms with Crippen molar-refractivity contribution in [2.75, 3.05) is 16.4 Å². The lowest BCUT2D eigenvalue weighted by Crippen LogP contribution is -2.20. The Morgan fingerprint density at radius 3 is 2.60 bits per heavy atom. The maximum Gasteiger partial charge on any atom is 0.323 e. The Kier molecular flexibility index (Phi) is 4.10. The summed E-state index contributed by atoms with van der Waals surface area (Å²) in [6.07, 6.45) is 0. The fourth-order valence-electron chi connectivity index (χ4n) is 1.59. The number of anilines is 3. The minimum Gasteiger partial charge on any atom is -0.399 e. The van der Waals surface area contributed by atoms with Gasteiger partial charge in [0, 0.05) is 16.4 Å². The van der Waals surface area contributed by atoms with Crippen LogP contribution in [-0.4, -0.2) is 6.03 Å². The summed E-state index contributed by atoms with van der Waals surface area (Å²) in [5.74, 6) is -0.595. The van der Waals surface area contributed by atoms with Crippen LogP contribution in [0.3, 0.4) is 0 Å². The van der Waals surface area contributed by atoms with E-state index in [1.165, 1.54) is 12.1 Å². The predicted molar refractivity (Wildman–Crippen MR) is 79.6 cm³/mol. The summed E-state index contributed by atoms with van der Waals surface area (Å²) in [7, 11) is 0. The van der Waals surface area contributed by atoms with Gasteiger partial charge < -0.3 is 16.4 Å². The number of aryl methyl sites for hydroxylation is 1. The molecular weight excluding hydrogens is 281 g/mol. The van der Waals surface area contributed by atoms with Crippen LogP contribution in [0.25, 0.3) is 0 Å². The van der Waals surface area contributed by atoms with Gasteiger partial charge in [-0.1, -0.05) is 17.7 Å². The first kappa shape index (κ1) is 14.1. The number of rotatable bonds is 2. The first-order valence-electron chi connectivity index (χ1n) is 5.85. The summed E-state index contributed by atoms with van der Waals surface area (Å²) < 4.78 is 13.5. The molecule has 104 valence electrons. The Hall–Kier alpha value is -2.27. The van der Waals surface area contributed by atoms with Crippen LogP contribution in [-0.2, 0) is 0 Å². The number of hydrogen-bond acceptors (Lipinski definition) is 2. The molecule has 0 unspecified atom stereocenters. The third-order valence-corrected chi connectivity index (χ3v) is 3.08. The molecule has 0 heterocycles. The van der Waals surface area contributed by atoms with Crippen LogP contribution in [0.5, 0.6) is 0 Å². The van der Waals surface area contributed by atoms with Crippen LogP contribution in [0.4, 0.5) is 26.2 Å². The molecule has 0 aliphatic heterocycles. The van der Waals surface area contributed by atoms with Gasteiger partial charge in [0.1, 0.15) is 5.82 Å². The highest BCUT2D eigenvalue weighted by Gasteiger charge is 2.08. The third kappa shape index (κ3) is 3.39. The van der Waals surface area contributed by atoms with Crippen molar-refractivity contribution in [3.05, 3.63) is 52.8 Å². The Labute approximate surface area is 120 Å². The van der Waals surface area contributed by atoms with Gasteiger partial charge in [-0.3, -0.25) is 0 Å². The molecule has 0 saturated carbocycles. The molecule has 0 atom stereocenters. The molecule has 0 fully saturated rings. The van der Waals surface area contributed by atoms with Crippen LogP contribution in [0.1, 0.15) is 5.56 Å². The smallest absolute Gasteiger partial charge is 0.323 e. The van der Waals surface area contributed by atoms with Gasteiger partial charge in [0.05, 0.1) is 5.69 Å². The van der Waals surface area contributed by atoms with Crippen molar-refractivity contribution >= 4 is 34.7 Å². The summed E-state index contributed by atoms with van der Waals surface area (Å²) >= 11 is 5.95.